The van der Waals surface area contributed by atoms with Gasteiger partial charge in [-0.25, -0.2) is 0 Å². The predicted molar refractivity (Wildman–Crippen MR) is 57.8 cm³/mol. The number of hydrogen-bond acceptors (Lipinski definition) is 2. The molecule has 2 nitrogen and oxygen atoms in total. The Labute approximate surface area is 82.0 Å². The summed E-state index contributed by atoms with van der Waals surface area (Å²) in [5.41, 5.74) is 0.504. The molecular formula is C11H23NO. The topological polar surface area (TPSA) is 32.3 Å². The van der Waals surface area contributed by atoms with E-state index in [1.807, 2.05) is 13.8 Å². The second kappa shape index (κ2) is 5.40. The Kier molecular flexibility index (Phi) is 5.26. The van der Waals surface area contributed by atoms with Crippen molar-refractivity contribution >= 4 is 0 Å². The van der Waals surface area contributed by atoms with Crippen LogP contribution >= 0.6 is 0 Å². The average molecular weight is 185 g/mol. The first kappa shape index (κ1) is 12.7. The lowest BCUT2D eigenvalue weighted by Crippen LogP contribution is -2.39. The monoisotopic (exact) mass is 185 g/mol. The van der Waals surface area contributed by atoms with Crippen LogP contribution in [-0.2, 0) is 0 Å². The van der Waals surface area contributed by atoms with Gasteiger partial charge in [0.1, 0.15) is 0 Å². The minimum Gasteiger partial charge on any atom is -0.389 e. The summed E-state index contributed by atoms with van der Waals surface area (Å²) in [4.78, 5) is 0. The Morgan fingerprint density at radius 2 is 2.08 bits per heavy atom. The van der Waals surface area contributed by atoms with Crippen LogP contribution in [0.1, 0.15) is 34.1 Å². The molecule has 78 valence electrons. The zero-order chi connectivity index (χ0) is 10.5. The molecule has 0 saturated heterocycles. The van der Waals surface area contributed by atoms with Crippen molar-refractivity contribution in [3.63, 3.8) is 0 Å². The Morgan fingerprint density at radius 3 is 2.46 bits per heavy atom. The molecular weight excluding hydrogens is 162 g/mol. The lowest BCUT2D eigenvalue weighted by molar-refractivity contribution is 0.0394. The first-order valence-corrected chi connectivity index (χ1v) is 4.91. The maximum absolute atomic E-state index is 9.91. The van der Waals surface area contributed by atoms with Gasteiger partial charge < -0.3 is 10.4 Å². The van der Waals surface area contributed by atoms with Crippen molar-refractivity contribution in [2.75, 3.05) is 13.1 Å². The van der Waals surface area contributed by atoms with E-state index in [1.165, 1.54) is 0 Å². The smallest absolute Gasteiger partial charge is 0.0746 e. The first-order chi connectivity index (χ1) is 5.83. The van der Waals surface area contributed by atoms with E-state index < -0.39 is 5.60 Å². The zero-order valence-corrected chi connectivity index (χ0v) is 9.35. The number of rotatable bonds is 6. The lowest BCUT2D eigenvalue weighted by Gasteiger charge is -2.25. The Bertz CT molecular complexity index is 161. The molecule has 0 amide bonds. The van der Waals surface area contributed by atoms with Gasteiger partial charge in [0.05, 0.1) is 5.60 Å². The van der Waals surface area contributed by atoms with Crippen LogP contribution < -0.4 is 5.32 Å². The molecule has 0 aromatic heterocycles. The number of nitrogens with one attached hydrogen (secondary N) is 1. The normalized spacial score (nSPS) is 15.8. The molecule has 2 heteroatoms. The Hall–Kier alpha value is -0.340. The third-order valence-electron chi connectivity index (χ3n) is 1.78. The van der Waals surface area contributed by atoms with Crippen molar-refractivity contribution < 1.29 is 5.11 Å². The van der Waals surface area contributed by atoms with Crippen molar-refractivity contribution in [1.82, 2.24) is 5.32 Å². The van der Waals surface area contributed by atoms with Crippen molar-refractivity contribution in [2.45, 2.75) is 39.7 Å². The van der Waals surface area contributed by atoms with E-state index in [4.69, 9.17) is 0 Å². The van der Waals surface area contributed by atoms with E-state index in [-0.39, 0.29) is 0 Å². The predicted octanol–water partition coefficient (Wildman–Crippen LogP) is 1.95. The highest BCUT2D eigenvalue weighted by Crippen LogP contribution is 2.14. The molecule has 1 atom stereocenters. The van der Waals surface area contributed by atoms with Crippen LogP contribution in [0, 0.1) is 5.92 Å². The van der Waals surface area contributed by atoms with Gasteiger partial charge >= 0.3 is 0 Å². The van der Waals surface area contributed by atoms with E-state index in [2.05, 4.69) is 25.7 Å². The zero-order valence-electron chi connectivity index (χ0n) is 9.35. The molecule has 13 heavy (non-hydrogen) atoms. The summed E-state index contributed by atoms with van der Waals surface area (Å²) >= 11 is 0. The lowest BCUT2D eigenvalue weighted by atomic mass is 9.94. The van der Waals surface area contributed by atoms with E-state index in [0.717, 1.165) is 18.5 Å². The molecule has 0 aliphatic rings. The SMILES string of the molecule is C=C(C)CNCC(C)(O)CC(C)C. The fraction of sp³-hybridized carbons (Fsp3) is 0.818. The van der Waals surface area contributed by atoms with Gasteiger partial charge in [0, 0.05) is 13.1 Å². The highest BCUT2D eigenvalue weighted by molar-refractivity contribution is 4.91. The summed E-state index contributed by atoms with van der Waals surface area (Å²) in [6, 6.07) is 0. The van der Waals surface area contributed by atoms with Gasteiger partial charge in [0.25, 0.3) is 0 Å². The third-order valence-corrected chi connectivity index (χ3v) is 1.78. The molecule has 0 aromatic rings. The van der Waals surface area contributed by atoms with Crippen LogP contribution in [-0.4, -0.2) is 23.8 Å². The minimum absolute atomic E-state index is 0.529. The standard InChI is InChI=1S/C11H23NO/c1-9(2)6-11(5,13)8-12-7-10(3)4/h9,12-13H,3,6-8H2,1-2,4-5H3. The largest absolute Gasteiger partial charge is 0.389 e. The van der Waals surface area contributed by atoms with Gasteiger partial charge in [-0.3, -0.25) is 0 Å². The van der Waals surface area contributed by atoms with Gasteiger partial charge in [-0.2, -0.15) is 0 Å². The van der Waals surface area contributed by atoms with E-state index in [0.29, 0.717) is 12.5 Å². The van der Waals surface area contributed by atoms with Gasteiger partial charge in [-0.15, -0.1) is 0 Å². The molecule has 2 N–H and O–H groups in total. The van der Waals surface area contributed by atoms with Crippen LogP contribution in [0.25, 0.3) is 0 Å². The molecule has 1 unspecified atom stereocenters. The Morgan fingerprint density at radius 1 is 1.54 bits per heavy atom. The Balaban J connectivity index is 3.68. The number of hydrogen-bond donors (Lipinski definition) is 2. The van der Waals surface area contributed by atoms with Gasteiger partial charge in [-0.05, 0) is 26.2 Å². The van der Waals surface area contributed by atoms with Crippen LogP contribution in [0.3, 0.4) is 0 Å². The number of aliphatic hydroxyl groups is 1. The second-order valence-electron chi connectivity index (χ2n) is 4.66. The molecule has 0 fully saturated rings. The van der Waals surface area contributed by atoms with Crippen molar-refractivity contribution in [3.8, 4) is 0 Å². The summed E-state index contributed by atoms with van der Waals surface area (Å²) in [7, 11) is 0. The summed E-state index contributed by atoms with van der Waals surface area (Å²) in [6.45, 7) is 13.3. The quantitative estimate of drug-likeness (QED) is 0.620. The summed E-state index contributed by atoms with van der Waals surface area (Å²) in [5, 5.41) is 13.1. The molecule has 0 radical (unpaired) electrons. The fourth-order valence-corrected chi connectivity index (χ4v) is 1.50. The first-order valence-electron chi connectivity index (χ1n) is 4.91. The van der Waals surface area contributed by atoms with Gasteiger partial charge in [0.15, 0.2) is 0 Å². The average Bonchev–Trinajstić information content (AvgIpc) is 1.81. The maximum Gasteiger partial charge on any atom is 0.0746 e. The van der Waals surface area contributed by atoms with Crippen molar-refractivity contribution in [3.05, 3.63) is 12.2 Å². The van der Waals surface area contributed by atoms with E-state index in [1.54, 1.807) is 0 Å². The summed E-state index contributed by atoms with van der Waals surface area (Å²) < 4.78 is 0. The highest BCUT2D eigenvalue weighted by Gasteiger charge is 2.20. The summed E-state index contributed by atoms with van der Waals surface area (Å²) in [5.74, 6) is 0.529. The fourth-order valence-electron chi connectivity index (χ4n) is 1.50. The minimum atomic E-state index is -0.594. The molecule has 0 aromatic carbocycles. The van der Waals surface area contributed by atoms with Crippen LogP contribution in [0.5, 0.6) is 0 Å². The maximum atomic E-state index is 9.91. The van der Waals surface area contributed by atoms with Crippen LogP contribution in [0.15, 0.2) is 12.2 Å². The highest BCUT2D eigenvalue weighted by atomic mass is 16.3. The molecule has 0 bridgehead atoms. The molecule has 0 saturated carbocycles. The van der Waals surface area contributed by atoms with Gasteiger partial charge in [-0.1, -0.05) is 26.0 Å². The van der Waals surface area contributed by atoms with E-state index >= 15 is 0 Å². The molecule has 0 heterocycles. The van der Waals surface area contributed by atoms with Crippen LogP contribution in [0.4, 0.5) is 0 Å². The second-order valence-corrected chi connectivity index (χ2v) is 4.66. The van der Waals surface area contributed by atoms with Crippen molar-refractivity contribution in [1.29, 1.82) is 0 Å². The molecule has 0 rings (SSSR count). The van der Waals surface area contributed by atoms with Crippen LogP contribution in [0.2, 0.25) is 0 Å². The molecule has 0 aliphatic heterocycles. The third kappa shape index (κ3) is 8.00. The summed E-state index contributed by atoms with van der Waals surface area (Å²) in [6.07, 6.45) is 0.830. The molecule has 0 spiro atoms. The van der Waals surface area contributed by atoms with E-state index in [9.17, 15) is 5.11 Å². The van der Waals surface area contributed by atoms with Gasteiger partial charge in [0.2, 0.25) is 0 Å². The van der Waals surface area contributed by atoms with Crippen molar-refractivity contribution in [2.24, 2.45) is 5.92 Å². The molecule has 0 aliphatic carbocycles.